The summed E-state index contributed by atoms with van der Waals surface area (Å²) in [5.74, 6) is 0.881. The van der Waals surface area contributed by atoms with Crippen LogP contribution in [0.3, 0.4) is 0 Å². The maximum atomic E-state index is 10.3. The van der Waals surface area contributed by atoms with Crippen molar-refractivity contribution in [2.75, 3.05) is 13.7 Å². The number of hydrogen-bond donors (Lipinski definition) is 1. The average Bonchev–Trinajstić information content (AvgIpc) is 2.90. The van der Waals surface area contributed by atoms with E-state index in [1.165, 1.54) is 11.1 Å². The summed E-state index contributed by atoms with van der Waals surface area (Å²) in [6.07, 6.45) is 1.52. The Labute approximate surface area is 132 Å². The van der Waals surface area contributed by atoms with Gasteiger partial charge in [0.2, 0.25) is 0 Å². The maximum Gasteiger partial charge on any atom is 0.118 e. The Kier molecular flexibility index (Phi) is 4.76. The number of aliphatic hydroxyl groups is 1. The molecular weight excluding hydrogens is 274 g/mol. The molecule has 2 aromatic carbocycles. The molecule has 3 heteroatoms. The molecule has 1 saturated heterocycles. The Hall–Kier alpha value is -1.84. The average molecular weight is 297 g/mol. The minimum atomic E-state index is -0.238. The smallest absolute Gasteiger partial charge is 0.118 e. The van der Waals surface area contributed by atoms with Crippen LogP contribution < -0.4 is 4.74 Å². The second kappa shape index (κ2) is 6.95. The second-order valence-electron chi connectivity index (χ2n) is 5.93. The van der Waals surface area contributed by atoms with Gasteiger partial charge in [0.05, 0.1) is 13.2 Å². The Morgan fingerprint density at radius 1 is 1.05 bits per heavy atom. The maximum absolute atomic E-state index is 10.3. The third-order valence-electron chi connectivity index (χ3n) is 4.46. The molecule has 0 amide bonds. The normalized spacial score (nSPS) is 21.9. The third-order valence-corrected chi connectivity index (χ3v) is 4.46. The fraction of sp³-hybridized carbons (Fsp3) is 0.368. The van der Waals surface area contributed by atoms with Gasteiger partial charge in [0.25, 0.3) is 0 Å². The van der Waals surface area contributed by atoms with E-state index in [1.807, 2.05) is 18.2 Å². The SMILES string of the molecule is COc1ccc(CN2CC[C@@H](O)[C@@H]2Cc2ccccc2)cc1. The van der Waals surface area contributed by atoms with Crippen LogP contribution in [-0.4, -0.2) is 35.8 Å². The number of aliphatic hydroxyl groups excluding tert-OH is 1. The summed E-state index contributed by atoms with van der Waals surface area (Å²) < 4.78 is 5.20. The van der Waals surface area contributed by atoms with Gasteiger partial charge in [-0.15, -0.1) is 0 Å². The summed E-state index contributed by atoms with van der Waals surface area (Å²) in [5, 5.41) is 10.3. The molecular formula is C19H23NO2. The number of methoxy groups -OCH3 is 1. The zero-order valence-corrected chi connectivity index (χ0v) is 13.0. The number of likely N-dealkylation sites (tertiary alicyclic amines) is 1. The molecule has 2 aromatic rings. The first-order valence-electron chi connectivity index (χ1n) is 7.85. The van der Waals surface area contributed by atoms with E-state index in [1.54, 1.807) is 7.11 Å². The lowest BCUT2D eigenvalue weighted by Gasteiger charge is -2.26. The van der Waals surface area contributed by atoms with E-state index < -0.39 is 0 Å². The molecule has 0 aliphatic carbocycles. The fourth-order valence-electron chi connectivity index (χ4n) is 3.18. The Bertz CT molecular complexity index is 582. The van der Waals surface area contributed by atoms with Crippen LogP contribution in [0.25, 0.3) is 0 Å². The van der Waals surface area contributed by atoms with Crippen molar-refractivity contribution >= 4 is 0 Å². The predicted molar refractivity (Wildman–Crippen MR) is 88.0 cm³/mol. The van der Waals surface area contributed by atoms with Crippen LogP contribution in [0.15, 0.2) is 54.6 Å². The highest BCUT2D eigenvalue weighted by molar-refractivity contribution is 5.27. The zero-order chi connectivity index (χ0) is 15.4. The molecule has 0 spiro atoms. The van der Waals surface area contributed by atoms with Gasteiger partial charge >= 0.3 is 0 Å². The van der Waals surface area contributed by atoms with Gasteiger partial charge in [-0.3, -0.25) is 4.90 Å². The number of hydrogen-bond acceptors (Lipinski definition) is 3. The van der Waals surface area contributed by atoms with E-state index in [-0.39, 0.29) is 12.1 Å². The van der Waals surface area contributed by atoms with Crippen molar-refractivity contribution in [2.45, 2.75) is 31.5 Å². The minimum Gasteiger partial charge on any atom is -0.497 e. The van der Waals surface area contributed by atoms with E-state index in [9.17, 15) is 5.11 Å². The van der Waals surface area contributed by atoms with Gasteiger partial charge in [-0.2, -0.15) is 0 Å². The van der Waals surface area contributed by atoms with Crippen LogP contribution in [0.5, 0.6) is 5.75 Å². The van der Waals surface area contributed by atoms with Crippen molar-refractivity contribution in [1.82, 2.24) is 4.90 Å². The second-order valence-corrected chi connectivity index (χ2v) is 5.93. The summed E-state index contributed by atoms with van der Waals surface area (Å²) in [4.78, 5) is 2.39. The highest BCUT2D eigenvalue weighted by Crippen LogP contribution is 2.24. The fourth-order valence-corrected chi connectivity index (χ4v) is 3.18. The summed E-state index contributed by atoms with van der Waals surface area (Å²) in [7, 11) is 1.68. The van der Waals surface area contributed by atoms with Gasteiger partial charge in [0, 0.05) is 19.1 Å². The molecule has 0 saturated carbocycles. The highest BCUT2D eigenvalue weighted by Gasteiger charge is 2.32. The molecule has 116 valence electrons. The molecule has 0 aromatic heterocycles. The van der Waals surface area contributed by atoms with Gasteiger partial charge in [-0.25, -0.2) is 0 Å². The molecule has 1 fully saturated rings. The molecule has 2 atom stereocenters. The molecule has 1 N–H and O–H groups in total. The van der Waals surface area contributed by atoms with Gasteiger partial charge in [-0.05, 0) is 36.1 Å². The lowest BCUT2D eigenvalue weighted by molar-refractivity contribution is 0.112. The number of ether oxygens (including phenoxy) is 1. The van der Waals surface area contributed by atoms with Crippen molar-refractivity contribution in [3.05, 3.63) is 65.7 Å². The van der Waals surface area contributed by atoms with Crippen molar-refractivity contribution in [3.63, 3.8) is 0 Å². The van der Waals surface area contributed by atoms with Gasteiger partial charge in [-0.1, -0.05) is 42.5 Å². The molecule has 1 aliphatic heterocycles. The van der Waals surface area contributed by atoms with Crippen LogP contribution in [0.4, 0.5) is 0 Å². The summed E-state index contributed by atoms with van der Waals surface area (Å²) in [5.41, 5.74) is 2.54. The molecule has 22 heavy (non-hydrogen) atoms. The molecule has 0 unspecified atom stereocenters. The molecule has 0 radical (unpaired) electrons. The molecule has 0 bridgehead atoms. The molecule has 3 nitrogen and oxygen atoms in total. The van der Waals surface area contributed by atoms with Crippen molar-refractivity contribution < 1.29 is 9.84 Å². The standard InChI is InChI=1S/C19H23NO2/c1-22-17-9-7-16(8-10-17)14-20-12-11-19(21)18(20)13-15-5-3-2-4-6-15/h2-10,18-19,21H,11-14H2,1H3/t18-,19+/m0/s1. The lowest BCUT2D eigenvalue weighted by Crippen LogP contribution is -2.36. The van der Waals surface area contributed by atoms with Crippen molar-refractivity contribution in [1.29, 1.82) is 0 Å². The van der Waals surface area contributed by atoms with E-state index in [2.05, 4.69) is 41.3 Å². The summed E-state index contributed by atoms with van der Waals surface area (Å²) >= 11 is 0. The lowest BCUT2D eigenvalue weighted by atomic mass is 10.0. The van der Waals surface area contributed by atoms with E-state index in [0.717, 1.165) is 31.7 Å². The monoisotopic (exact) mass is 297 g/mol. The zero-order valence-electron chi connectivity index (χ0n) is 13.0. The molecule has 3 rings (SSSR count). The van der Waals surface area contributed by atoms with Gasteiger partial charge in [0.15, 0.2) is 0 Å². The van der Waals surface area contributed by atoms with Crippen molar-refractivity contribution in [3.8, 4) is 5.75 Å². The molecule has 1 aliphatic rings. The van der Waals surface area contributed by atoms with E-state index in [4.69, 9.17) is 4.74 Å². The number of benzene rings is 2. The van der Waals surface area contributed by atoms with Crippen LogP contribution >= 0.6 is 0 Å². The number of rotatable bonds is 5. The van der Waals surface area contributed by atoms with Crippen molar-refractivity contribution in [2.24, 2.45) is 0 Å². The first-order chi connectivity index (χ1) is 10.8. The Balaban J connectivity index is 1.68. The Morgan fingerprint density at radius 3 is 2.45 bits per heavy atom. The third kappa shape index (κ3) is 3.49. The number of nitrogens with zero attached hydrogens (tertiary/aromatic N) is 1. The van der Waals surface area contributed by atoms with Crippen LogP contribution in [-0.2, 0) is 13.0 Å². The Morgan fingerprint density at radius 2 is 1.77 bits per heavy atom. The first-order valence-corrected chi connectivity index (χ1v) is 7.85. The minimum absolute atomic E-state index is 0.199. The van der Waals surface area contributed by atoms with Gasteiger partial charge in [0.1, 0.15) is 5.75 Å². The molecule has 1 heterocycles. The van der Waals surface area contributed by atoms with E-state index >= 15 is 0 Å². The first kappa shape index (κ1) is 15.1. The summed E-state index contributed by atoms with van der Waals surface area (Å²) in [6, 6.07) is 18.8. The topological polar surface area (TPSA) is 32.7 Å². The van der Waals surface area contributed by atoms with Crippen LogP contribution in [0.1, 0.15) is 17.5 Å². The predicted octanol–water partition coefficient (Wildman–Crippen LogP) is 2.87. The van der Waals surface area contributed by atoms with Crippen LogP contribution in [0.2, 0.25) is 0 Å². The van der Waals surface area contributed by atoms with E-state index in [0.29, 0.717) is 0 Å². The van der Waals surface area contributed by atoms with Crippen LogP contribution in [0, 0.1) is 0 Å². The summed E-state index contributed by atoms with van der Waals surface area (Å²) in [6.45, 7) is 1.82. The highest BCUT2D eigenvalue weighted by atomic mass is 16.5. The largest absolute Gasteiger partial charge is 0.497 e. The quantitative estimate of drug-likeness (QED) is 0.921. The van der Waals surface area contributed by atoms with Gasteiger partial charge < -0.3 is 9.84 Å².